The second-order valence-electron chi connectivity index (χ2n) is 6.46. The predicted molar refractivity (Wildman–Crippen MR) is 128 cm³/mol. The van der Waals surface area contributed by atoms with Crippen molar-refractivity contribution in [3.63, 3.8) is 0 Å². The van der Waals surface area contributed by atoms with E-state index in [-0.39, 0.29) is 24.0 Å². The fourth-order valence-corrected chi connectivity index (χ4v) is 3.94. The van der Waals surface area contributed by atoms with E-state index in [0.717, 1.165) is 53.2 Å². The summed E-state index contributed by atoms with van der Waals surface area (Å²) in [5.41, 5.74) is 3.46. The number of guanidine groups is 1. The summed E-state index contributed by atoms with van der Waals surface area (Å²) >= 11 is 1.76. The van der Waals surface area contributed by atoms with Gasteiger partial charge in [-0.25, -0.2) is 4.98 Å². The molecule has 6 nitrogen and oxygen atoms in total. The van der Waals surface area contributed by atoms with Gasteiger partial charge < -0.3 is 19.7 Å². The van der Waals surface area contributed by atoms with Gasteiger partial charge in [0.05, 0.1) is 24.9 Å². The highest BCUT2D eigenvalue weighted by Gasteiger charge is 2.13. The van der Waals surface area contributed by atoms with Crippen molar-refractivity contribution in [3.8, 4) is 11.5 Å². The molecule has 0 fully saturated rings. The summed E-state index contributed by atoms with van der Waals surface area (Å²) in [4.78, 5) is 12.3. The van der Waals surface area contributed by atoms with Crippen LogP contribution in [-0.2, 0) is 13.0 Å². The van der Waals surface area contributed by atoms with E-state index in [1.807, 2.05) is 33.2 Å². The molecule has 1 heterocycles. The number of thiazole rings is 1. The Bertz CT molecular complexity index is 808. The number of benzene rings is 1. The van der Waals surface area contributed by atoms with Gasteiger partial charge in [0.15, 0.2) is 17.5 Å². The number of aromatic nitrogens is 1. The highest BCUT2D eigenvalue weighted by atomic mass is 127. The number of nitrogens with one attached hydrogen (secondary N) is 1. The van der Waals surface area contributed by atoms with Crippen molar-refractivity contribution in [3.05, 3.63) is 38.8 Å². The van der Waals surface area contributed by atoms with Gasteiger partial charge in [-0.3, -0.25) is 4.99 Å². The third kappa shape index (κ3) is 6.23. The Morgan fingerprint density at radius 2 is 1.82 bits per heavy atom. The number of aryl methyl sites for hydroxylation is 3. The third-order valence-electron chi connectivity index (χ3n) is 4.46. The Kier molecular flexibility index (Phi) is 10.0. The van der Waals surface area contributed by atoms with E-state index < -0.39 is 0 Å². The summed E-state index contributed by atoms with van der Waals surface area (Å²) in [7, 11) is 7.15. The van der Waals surface area contributed by atoms with Crippen molar-refractivity contribution in [2.45, 2.75) is 33.7 Å². The fraction of sp³-hybridized carbons (Fsp3) is 0.500. The van der Waals surface area contributed by atoms with E-state index in [4.69, 9.17) is 9.47 Å². The molecule has 0 amide bonds. The molecular formula is C20H31IN4O2S. The van der Waals surface area contributed by atoms with Crippen LogP contribution in [0.25, 0.3) is 0 Å². The van der Waals surface area contributed by atoms with Crippen LogP contribution in [0.4, 0.5) is 0 Å². The Morgan fingerprint density at radius 1 is 1.18 bits per heavy atom. The van der Waals surface area contributed by atoms with Crippen molar-refractivity contribution < 1.29 is 9.47 Å². The molecule has 156 valence electrons. The quantitative estimate of drug-likeness (QED) is 0.342. The molecule has 0 aliphatic rings. The van der Waals surface area contributed by atoms with Crippen LogP contribution in [0.3, 0.4) is 0 Å². The van der Waals surface area contributed by atoms with Crippen LogP contribution in [-0.4, -0.2) is 50.7 Å². The van der Waals surface area contributed by atoms with Crippen molar-refractivity contribution in [2.75, 3.05) is 34.9 Å². The largest absolute Gasteiger partial charge is 0.493 e. The molecule has 2 aromatic rings. The first-order valence-corrected chi connectivity index (χ1v) is 9.77. The van der Waals surface area contributed by atoms with Crippen LogP contribution in [0.1, 0.15) is 26.7 Å². The number of hydrogen-bond acceptors (Lipinski definition) is 5. The minimum absolute atomic E-state index is 0. The van der Waals surface area contributed by atoms with Crippen LogP contribution < -0.4 is 14.8 Å². The van der Waals surface area contributed by atoms with E-state index in [9.17, 15) is 0 Å². The van der Waals surface area contributed by atoms with Crippen molar-refractivity contribution >= 4 is 41.3 Å². The molecule has 0 saturated carbocycles. The van der Waals surface area contributed by atoms with Crippen molar-refractivity contribution in [2.24, 2.45) is 4.99 Å². The average Bonchev–Trinajstić information content (AvgIpc) is 2.97. The first kappa shape index (κ1) is 24.5. The van der Waals surface area contributed by atoms with Crippen LogP contribution in [0.15, 0.2) is 17.1 Å². The number of halogens is 1. The Hall–Kier alpha value is -1.55. The minimum Gasteiger partial charge on any atom is -0.493 e. The summed E-state index contributed by atoms with van der Waals surface area (Å²) in [5.74, 6) is 2.35. The molecule has 0 aliphatic heterocycles. The standard InChI is InChI=1S/C20H30N4O2S.HI/c1-13-10-17(25-6)18(26-7)11-16(13)12-24(5)20(21-4)22-9-8-19-14(2)23-15(3)27-19;/h10-11H,8-9,12H2,1-7H3,(H,21,22);1H. The normalized spacial score (nSPS) is 11.0. The van der Waals surface area contributed by atoms with Gasteiger partial charge in [0.25, 0.3) is 0 Å². The van der Waals surface area contributed by atoms with E-state index in [2.05, 4.69) is 34.0 Å². The lowest BCUT2D eigenvalue weighted by atomic mass is 10.1. The highest BCUT2D eigenvalue weighted by Crippen LogP contribution is 2.30. The number of methoxy groups -OCH3 is 2. The maximum Gasteiger partial charge on any atom is 0.193 e. The zero-order valence-electron chi connectivity index (χ0n) is 17.8. The van der Waals surface area contributed by atoms with E-state index in [1.165, 1.54) is 10.4 Å². The second-order valence-corrected chi connectivity index (χ2v) is 7.74. The molecule has 28 heavy (non-hydrogen) atoms. The van der Waals surface area contributed by atoms with Gasteiger partial charge in [-0.05, 0) is 44.0 Å². The van der Waals surface area contributed by atoms with Gasteiger partial charge in [0.2, 0.25) is 0 Å². The fourth-order valence-electron chi connectivity index (χ4n) is 3.00. The highest BCUT2D eigenvalue weighted by molar-refractivity contribution is 14.0. The van der Waals surface area contributed by atoms with Gasteiger partial charge in [0.1, 0.15) is 0 Å². The molecule has 0 unspecified atom stereocenters. The molecule has 0 atom stereocenters. The number of aliphatic imine (C=N–C) groups is 1. The zero-order chi connectivity index (χ0) is 20.0. The lowest BCUT2D eigenvalue weighted by Gasteiger charge is -2.23. The zero-order valence-corrected chi connectivity index (χ0v) is 20.9. The summed E-state index contributed by atoms with van der Waals surface area (Å²) in [6.45, 7) is 7.75. The first-order valence-electron chi connectivity index (χ1n) is 8.95. The molecule has 1 aromatic heterocycles. The number of nitrogens with zero attached hydrogens (tertiary/aromatic N) is 3. The molecule has 1 N–H and O–H groups in total. The number of hydrogen-bond donors (Lipinski definition) is 1. The lowest BCUT2D eigenvalue weighted by Crippen LogP contribution is -2.39. The van der Waals surface area contributed by atoms with Crippen LogP contribution in [0.5, 0.6) is 11.5 Å². The summed E-state index contributed by atoms with van der Waals surface area (Å²) in [5, 5.41) is 4.56. The summed E-state index contributed by atoms with van der Waals surface area (Å²) in [6.07, 6.45) is 0.944. The van der Waals surface area contributed by atoms with E-state index in [0.29, 0.717) is 0 Å². The average molecular weight is 518 g/mol. The van der Waals surface area contributed by atoms with Gasteiger partial charge in [-0.2, -0.15) is 0 Å². The molecule has 0 aliphatic carbocycles. The molecule has 0 radical (unpaired) electrons. The van der Waals surface area contributed by atoms with Gasteiger partial charge in [-0.15, -0.1) is 35.3 Å². The van der Waals surface area contributed by atoms with Gasteiger partial charge >= 0.3 is 0 Å². The van der Waals surface area contributed by atoms with Crippen LogP contribution in [0, 0.1) is 20.8 Å². The maximum absolute atomic E-state index is 5.43. The Balaban J connectivity index is 0.00000392. The Labute approximate surface area is 189 Å². The number of rotatable bonds is 7. The number of ether oxygens (including phenoxy) is 2. The smallest absolute Gasteiger partial charge is 0.193 e. The van der Waals surface area contributed by atoms with E-state index >= 15 is 0 Å². The first-order chi connectivity index (χ1) is 12.9. The third-order valence-corrected chi connectivity index (χ3v) is 5.59. The molecule has 1 aromatic carbocycles. The van der Waals surface area contributed by atoms with Crippen LogP contribution >= 0.6 is 35.3 Å². The molecule has 0 bridgehead atoms. The Morgan fingerprint density at radius 3 is 2.36 bits per heavy atom. The van der Waals surface area contributed by atoms with Crippen molar-refractivity contribution in [1.29, 1.82) is 0 Å². The molecule has 2 rings (SSSR count). The van der Waals surface area contributed by atoms with Gasteiger partial charge in [0, 0.05) is 38.5 Å². The predicted octanol–water partition coefficient (Wildman–Crippen LogP) is 3.95. The summed E-state index contributed by atoms with van der Waals surface area (Å²) in [6, 6.07) is 4.04. The second kappa shape index (κ2) is 11.5. The SMILES string of the molecule is CN=C(NCCc1sc(C)nc1C)N(C)Cc1cc(OC)c(OC)cc1C.I. The van der Waals surface area contributed by atoms with E-state index in [1.54, 1.807) is 25.6 Å². The summed E-state index contributed by atoms with van der Waals surface area (Å²) < 4.78 is 10.8. The molecule has 0 saturated heterocycles. The monoisotopic (exact) mass is 518 g/mol. The van der Waals surface area contributed by atoms with Crippen LogP contribution in [0.2, 0.25) is 0 Å². The molecule has 8 heteroatoms. The topological polar surface area (TPSA) is 59.0 Å². The minimum atomic E-state index is 0. The maximum atomic E-state index is 5.43. The van der Waals surface area contributed by atoms with Gasteiger partial charge in [-0.1, -0.05) is 0 Å². The molecule has 0 spiro atoms. The molecular weight excluding hydrogens is 487 g/mol. The lowest BCUT2D eigenvalue weighted by molar-refractivity contribution is 0.353. The van der Waals surface area contributed by atoms with Crippen molar-refractivity contribution in [1.82, 2.24) is 15.2 Å².